The van der Waals surface area contributed by atoms with E-state index in [4.69, 9.17) is 14.2 Å². The molecule has 0 saturated heterocycles. The average molecular weight is 734 g/mol. The van der Waals surface area contributed by atoms with E-state index >= 15 is 0 Å². The first kappa shape index (κ1) is 49.6. The minimum absolute atomic E-state index is 0.0356. The van der Waals surface area contributed by atoms with Crippen LogP contribution in [0, 0.1) is 0 Å². The minimum atomic E-state index is -1.13. The summed E-state index contributed by atoms with van der Waals surface area (Å²) in [4.78, 5) is 36.8. The predicted molar refractivity (Wildman–Crippen MR) is 213 cm³/mol. The third kappa shape index (κ3) is 33.4. The highest BCUT2D eigenvalue weighted by Crippen LogP contribution is 2.14. The number of ether oxygens (including phenoxy) is 3. The number of esters is 2. The van der Waals surface area contributed by atoms with Crippen LogP contribution in [-0.2, 0) is 28.6 Å². The summed E-state index contributed by atoms with van der Waals surface area (Å²) >= 11 is 0. The Morgan fingerprint density at radius 1 is 0.596 bits per heavy atom. The fourth-order valence-electron chi connectivity index (χ4n) is 6.03. The van der Waals surface area contributed by atoms with Gasteiger partial charge in [-0.05, 0) is 44.9 Å². The lowest BCUT2D eigenvalue weighted by Gasteiger charge is -2.34. The number of hydrogen-bond acceptors (Lipinski definition) is 7. The van der Waals surface area contributed by atoms with Crippen LogP contribution in [0.15, 0.2) is 36.5 Å². The molecule has 0 aliphatic heterocycles. The van der Waals surface area contributed by atoms with Gasteiger partial charge in [0.2, 0.25) is 0 Å². The topological polar surface area (TPSA) is 102 Å². The summed E-state index contributed by atoms with van der Waals surface area (Å²) in [5.41, 5.74) is 0. The lowest BCUT2D eigenvalue weighted by atomic mass is 10.0. The summed E-state index contributed by atoms with van der Waals surface area (Å²) in [5.74, 6) is -1.75. The normalized spacial score (nSPS) is 13.3. The quantitative estimate of drug-likeness (QED) is 0.0271. The minimum Gasteiger partial charge on any atom is -0.544 e. The molecule has 0 heterocycles. The Balaban J connectivity index is 4.40. The number of likely N-dealkylation sites (N-methyl/N-ethyl adjacent to an activating group) is 1. The molecule has 0 radical (unpaired) electrons. The molecule has 0 spiro atoms. The number of nitrogens with zero attached hydrogens (tertiary/aromatic N) is 1. The van der Waals surface area contributed by atoms with Crippen molar-refractivity contribution in [3.63, 3.8) is 0 Å². The van der Waals surface area contributed by atoms with Gasteiger partial charge in [-0.15, -0.1) is 0 Å². The molecule has 0 aliphatic carbocycles. The second-order valence-electron chi connectivity index (χ2n) is 15.2. The van der Waals surface area contributed by atoms with Gasteiger partial charge in [0, 0.05) is 19.3 Å². The monoisotopic (exact) mass is 734 g/mol. The van der Waals surface area contributed by atoms with Crippen LogP contribution in [-0.4, -0.2) is 75.5 Å². The molecule has 8 nitrogen and oxygen atoms in total. The van der Waals surface area contributed by atoms with Crippen LogP contribution in [0.4, 0.5) is 0 Å². The average Bonchev–Trinajstić information content (AvgIpc) is 3.09. The molecule has 0 saturated carbocycles. The van der Waals surface area contributed by atoms with Crippen LogP contribution < -0.4 is 5.11 Å². The highest BCUT2D eigenvalue weighted by Gasteiger charge is 2.25. The van der Waals surface area contributed by atoms with Crippen LogP contribution in [0.25, 0.3) is 0 Å². The molecule has 0 N–H and O–H groups in total. The Labute approximate surface area is 319 Å². The zero-order chi connectivity index (χ0) is 38.5. The van der Waals surface area contributed by atoms with Crippen molar-refractivity contribution in [2.45, 2.75) is 187 Å². The Bertz CT molecular complexity index is 953. The number of aliphatic carboxylic acids is 1. The maximum Gasteiger partial charge on any atom is 0.306 e. The Morgan fingerprint density at radius 2 is 1.08 bits per heavy atom. The molecule has 2 atom stereocenters. The van der Waals surface area contributed by atoms with Crippen LogP contribution in [0.2, 0.25) is 0 Å². The number of carboxylic acids is 1. The second kappa shape index (κ2) is 35.6. The van der Waals surface area contributed by atoms with Crippen molar-refractivity contribution in [1.29, 1.82) is 0 Å². The van der Waals surface area contributed by atoms with Crippen molar-refractivity contribution in [3.05, 3.63) is 36.5 Å². The summed E-state index contributed by atoms with van der Waals surface area (Å²) < 4.78 is 17.1. The lowest BCUT2D eigenvalue weighted by molar-refractivity contribution is -0.889. The largest absolute Gasteiger partial charge is 0.544 e. The molecule has 0 bridgehead atoms. The van der Waals surface area contributed by atoms with E-state index in [0.29, 0.717) is 12.8 Å². The molecule has 0 amide bonds. The number of carbonyl (C=O) groups excluding carboxylic acids is 3. The Kier molecular flexibility index (Phi) is 33.9. The predicted octanol–water partition coefficient (Wildman–Crippen LogP) is 9.74. The molecule has 0 aliphatic rings. The van der Waals surface area contributed by atoms with Crippen molar-refractivity contribution in [2.24, 2.45) is 0 Å². The van der Waals surface area contributed by atoms with E-state index in [1.807, 2.05) is 0 Å². The van der Waals surface area contributed by atoms with Gasteiger partial charge in [-0.3, -0.25) is 9.59 Å². The van der Waals surface area contributed by atoms with Crippen LogP contribution in [0.3, 0.4) is 0 Å². The highest BCUT2D eigenvalue weighted by atomic mass is 16.6. The molecule has 302 valence electrons. The van der Waals surface area contributed by atoms with Gasteiger partial charge in [0.15, 0.2) is 6.10 Å². The fraction of sp³-hybridized carbons (Fsp3) is 0.795. The SMILES string of the molecule is CC/C=C\C/C=C\C/C=C\CCCCCCCC(=O)OC(COCCC(C(=O)[O-])[N+](C)(C)C)COC(=O)CCCCCCCCCCCCCCC. The number of carbonyl (C=O) groups is 3. The summed E-state index contributed by atoms with van der Waals surface area (Å²) in [7, 11) is 5.40. The van der Waals surface area contributed by atoms with Crippen molar-refractivity contribution < 1.29 is 38.2 Å². The molecule has 0 fully saturated rings. The van der Waals surface area contributed by atoms with Gasteiger partial charge in [0.25, 0.3) is 0 Å². The first-order chi connectivity index (χ1) is 25.1. The summed E-state index contributed by atoms with van der Waals surface area (Å²) in [6.45, 7) is 4.53. The van der Waals surface area contributed by atoms with E-state index in [0.717, 1.165) is 77.0 Å². The maximum absolute atomic E-state index is 12.7. The number of hydrogen-bond donors (Lipinski definition) is 0. The van der Waals surface area contributed by atoms with Crippen molar-refractivity contribution in [3.8, 4) is 0 Å². The molecule has 0 aromatic carbocycles. The number of carboxylic acid groups (broad SMARTS) is 1. The summed E-state index contributed by atoms with van der Waals surface area (Å²) in [6.07, 6.45) is 38.7. The van der Waals surface area contributed by atoms with Gasteiger partial charge >= 0.3 is 11.9 Å². The third-order valence-electron chi connectivity index (χ3n) is 9.29. The lowest BCUT2D eigenvalue weighted by Crippen LogP contribution is -2.55. The van der Waals surface area contributed by atoms with Crippen molar-refractivity contribution in [2.75, 3.05) is 41.0 Å². The molecule has 0 aromatic heterocycles. The first-order valence-corrected chi connectivity index (χ1v) is 21.0. The molecule has 8 heteroatoms. The number of unbranched alkanes of at least 4 members (excludes halogenated alkanes) is 17. The third-order valence-corrected chi connectivity index (χ3v) is 9.29. The first-order valence-electron chi connectivity index (χ1n) is 21.0. The van der Waals surface area contributed by atoms with Gasteiger partial charge in [0.1, 0.15) is 12.6 Å². The fourth-order valence-corrected chi connectivity index (χ4v) is 6.03. The van der Waals surface area contributed by atoms with E-state index in [9.17, 15) is 19.5 Å². The van der Waals surface area contributed by atoms with Crippen molar-refractivity contribution in [1.82, 2.24) is 0 Å². The van der Waals surface area contributed by atoms with Gasteiger partial charge in [-0.1, -0.05) is 147 Å². The van der Waals surface area contributed by atoms with Gasteiger partial charge in [0.05, 0.1) is 40.3 Å². The van der Waals surface area contributed by atoms with E-state index in [-0.39, 0.29) is 42.7 Å². The molecular formula is C44H79NO7. The Hall–Kier alpha value is -2.45. The number of allylic oxidation sites excluding steroid dienone is 6. The molecule has 0 aromatic rings. The zero-order valence-corrected chi connectivity index (χ0v) is 34.2. The molecule has 0 rings (SSSR count). The standard InChI is InChI=1S/C44H79NO7/c1-6-8-10-12-14-16-18-20-21-23-25-27-29-31-33-35-43(47)52-40(38-50-37-36-41(44(48)49)45(3,4)5)39-51-42(46)34-32-30-28-26-24-22-19-17-15-13-11-9-7-2/h8,10,14,16,20-21,40-41H,6-7,9,11-13,15,17-19,22-39H2,1-5H3/b10-8-,16-14-,21-20-. The van der Waals surface area contributed by atoms with Crippen LogP contribution in [0.1, 0.15) is 174 Å². The van der Waals surface area contributed by atoms with Gasteiger partial charge < -0.3 is 28.6 Å². The Morgan fingerprint density at radius 3 is 1.60 bits per heavy atom. The summed E-state index contributed by atoms with van der Waals surface area (Å²) in [6, 6.07) is -0.727. The second-order valence-corrected chi connectivity index (χ2v) is 15.2. The molecular weight excluding hydrogens is 654 g/mol. The van der Waals surface area contributed by atoms with Gasteiger partial charge in [-0.25, -0.2) is 0 Å². The van der Waals surface area contributed by atoms with E-state index in [1.54, 1.807) is 21.1 Å². The van der Waals surface area contributed by atoms with Gasteiger partial charge in [-0.2, -0.15) is 0 Å². The number of rotatable bonds is 37. The zero-order valence-electron chi connectivity index (χ0n) is 34.2. The van der Waals surface area contributed by atoms with Crippen molar-refractivity contribution >= 4 is 17.9 Å². The van der Waals surface area contributed by atoms with E-state index < -0.39 is 18.1 Å². The summed E-state index contributed by atoms with van der Waals surface area (Å²) in [5, 5.41) is 11.6. The van der Waals surface area contributed by atoms with Crippen LogP contribution in [0.5, 0.6) is 0 Å². The van der Waals surface area contributed by atoms with E-state index in [2.05, 4.69) is 50.3 Å². The maximum atomic E-state index is 12.7. The molecule has 52 heavy (non-hydrogen) atoms. The smallest absolute Gasteiger partial charge is 0.306 e. The highest BCUT2D eigenvalue weighted by molar-refractivity contribution is 5.70. The number of quaternary nitrogens is 1. The van der Waals surface area contributed by atoms with E-state index in [1.165, 1.54) is 64.2 Å². The molecule has 2 unspecified atom stereocenters. The van der Waals surface area contributed by atoms with Crippen LogP contribution >= 0.6 is 0 Å².